The van der Waals surface area contributed by atoms with Crippen LogP contribution in [0.1, 0.15) is 24.5 Å². The molecular weight excluding hydrogens is 302 g/mol. The number of amides is 1. The monoisotopic (exact) mass is 325 g/mol. The minimum atomic E-state index is -3.00. The van der Waals surface area contributed by atoms with E-state index in [9.17, 15) is 13.2 Å². The smallest absolute Gasteiger partial charge is 0.260 e. The Balaban J connectivity index is 1.98. The van der Waals surface area contributed by atoms with Crippen LogP contribution in [0.15, 0.2) is 18.2 Å². The number of likely N-dealkylation sites (N-methyl/N-ethyl adjacent to an activating group) is 1. The van der Waals surface area contributed by atoms with Gasteiger partial charge in [0.05, 0.1) is 11.5 Å². The quantitative estimate of drug-likeness (QED) is 0.827. The van der Waals surface area contributed by atoms with Gasteiger partial charge in [-0.3, -0.25) is 4.79 Å². The molecule has 0 spiro atoms. The zero-order valence-electron chi connectivity index (χ0n) is 13.3. The van der Waals surface area contributed by atoms with E-state index in [1.807, 2.05) is 39.0 Å². The van der Waals surface area contributed by atoms with Crippen LogP contribution in [-0.4, -0.2) is 49.9 Å². The Labute approximate surface area is 132 Å². The summed E-state index contributed by atoms with van der Waals surface area (Å²) >= 11 is 0. The number of hydrogen-bond acceptors (Lipinski definition) is 4. The van der Waals surface area contributed by atoms with Gasteiger partial charge in [0, 0.05) is 12.6 Å². The van der Waals surface area contributed by atoms with Crippen LogP contribution < -0.4 is 4.74 Å². The average Bonchev–Trinajstić information content (AvgIpc) is 2.78. The largest absolute Gasteiger partial charge is 0.484 e. The van der Waals surface area contributed by atoms with Gasteiger partial charge in [-0.25, -0.2) is 8.42 Å². The second-order valence-electron chi connectivity index (χ2n) is 5.79. The Morgan fingerprint density at radius 3 is 2.64 bits per heavy atom. The lowest BCUT2D eigenvalue weighted by Crippen LogP contribution is -2.43. The third-order valence-corrected chi connectivity index (χ3v) is 5.74. The van der Waals surface area contributed by atoms with Crippen molar-refractivity contribution in [2.45, 2.75) is 33.2 Å². The minimum absolute atomic E-state index is 0.0612. The Bertz CT molecular complexity index is 654. The van der Waals surface area contributed by atoms with Crippen molar-refractivity contribution in [2.75, 3.05) is 24.7 Å². The molecule has 1 fully saturated rings. The summed E-state index contributed by atoms with van der Waals surface area (Å²) in [7, 11) is -3.00. The first-order valence-electron chi connectivity index (χ1n) is 7.52. The van der Waals surface area contributed by atoms with E-state index in [-0.39, 0.29) is 30.1 Å². The van der Waals surface area contributed by atoms with Gasteiger partial charge in [0.1, 0.15) is 5.75 Å². The average molecular weight is 325 g/mol. The number of carbonyl (C=O) groups is 1. The van der Waals surface area contributed by atoms with Crippen molar-refractivity contribution in [3.8, 4) is 5.75 Å². The molecule has 5 nitrogen and oxygen atoms in total. The molecule has 1 aromatic carbocycles. The maximum absolute atomic E-state index is 12.3. The van der Waals surface area contributed by atoms with Crippen molar-refractivity contribution in [2.24, 2.45) is 0 Å². The number of carbonyl (C=O) groups excluding carboxylic acids is 1. The molecule has 1 amide bonds. The molecule has 0 bridgehead atoms. The molecule has 1 unspecified atom stereocenters. The second-order valence-corrected chi connectivity index (χ2v) is 8.02. The van der Waals surface area contributed by atoms with Crippen molar-refractivity contribution in [3.63, 3.8) is 0 Å². The van der Waals surface area contributed by atoms with E-state index in [1.165, 1.54) is 0 Å². The van der Waals surface area contributed by atoms with Gasteiger partial charge in [-0.15, -0.1) is 0 Å². The van der Waals surface area contributed by atoms with Gasteiger partial charge in [-0.2, -0.15) is 0 Å². The molecule has 1 aliphatic rings. The number of nitrogens with zero attached hydrogens (tertiary/aromatic N) is 1. The lowest BCUT2D eigenvalue weighted by atomic mass is 10.1. The fraction of sp³-hybridized carbons (Fsp3) is 0.562. The van der Waals surface area contributed by atoms with E-state index in [4.69, 9.17) is 4.74 Å². The SMILES string of the molecule is CCN(C(=O)COc1ccc(C)cc1C)C1CCS(=O)(=O)C1. The molecule has 6 heteroatoms. The molecule has 122 valence electrons. The summed E-state index contributed by atoms with van der Waals surface area (Å²) in [5, 5.41) is 0. The van der Waals surface area contributed by atoms with E-state index in [0.717, 1.165) is 11.1 Å². The van der Waals surface area contributed by atoms with E-state index in [2.05, 4.69) is 0 Å². The third kappa shape index (κ3) is 4.00. The zero-order valence-corrected chi connectivity index (χ0v) is 14.1. The van der Waals surface area contributed by atoms with Crippen LogP contribution in [0.3, 0.4) is 0 Å². The standard InChI is InChI=1S/C16H23NO4S/c1-4-17(14-7-8-22(19,20)11-14)16(18)10-21-15-6-5-12(2)9-13(15)3/h5-6,9,14H,4,7-8,10-11H2,1-3H3. The number of ether oxygens (including phenoxy) is 1. The van der Waals surface area contributed by atoms with Gasteiger partial charge in [0.15, 0.2) is 16.4 Å². The molecular formula is C16H23NO4S. The molecule has 1 heterocycles. The predicted octanol–water partition coefficient (Wildman–Crippen LogP) is 1.72. The maximum atomic E-state index is 12.3. The predicted molar refractivity (Wildman–Crippen MR) is 85.9 cm³/mol. The fourth-order valence-corrected chi connectivity index (χ4v) is 4.57. The first-order chi connectivity index (χ1) is 10.3. The lowest BCUT2D eigenvalue weighted by Gasteiger charge is -2.26. The maximum Gasteiger partial charge on any atom is 0.260 e. The van der Waals surface area contributed by atoms with Gasteiger partial charge >= 0.3 is 0 Å². The highest BCUT2D eigenvalue weighted by Gasteiger charge is 2.33. The van der Waals surface area contributed by atoms with E-state index < -0.39 is 9.84 Å². The lowest BCUT2D eigenvalue weighted by molar-refractivity contribution is -0.135. The molecule has 1 aromatic rings. The van der Waals surface area contributed by atoms with Crippen LogP contribution in [0.2, 0.25) is 0 Å². The van der Waals surface area contributed by atoms with E-state index in [0.29, 0.717) is 18.7 Å². The van der Waals surface area contributed by atoms with Crippen LogP contribution in [0.4, 0.5) is 0 Å². The highest BCUT2D eigenvalue weighted by atomic mass is 32.2. The highest BCUT2D eigenvalue weighted by molar-refractivity contribution is 7.91. The van der Waals surface area contributed by atoms with Gasteiger partial charge < -0.3 is 9.64 Å². The molecule has 1 saturated heterocycles. The Kier molecular flexibility index (Phi) is 5.11. The molecule has 0 aliphatic carbocycles. The summed E-state index contributed by atoms with van der Waals surface area (Å²) in [6.07, 6.45) is 0.519. The molecule has 1 aliphatic heterocycles. The van der Waals surface area contributed by atoms with Crippen molar-refractivity contribution in [1.82, 2.24) is 4.90 Å². The topological polar surface area (TPSA) is 63.7 Å². The highest BCUT2D eigenvalue weighted by Crippen LogP contribution is 2.20. The number of rotatable bonds is 5. The number of aryl methyl sites for hydroxylation is 2. The Morgan fingerprint density at radius 2 is 2.09 bits per heavy atom. The molecule has 0 aromatic heterocycles. The van der Waals surface area contributed by atoms with Crippen LogP contribution in [0.25, 0.3) is 0 Å². The van der Waals surface area contributed by atoms with Crippen LogP contribution in [-0.2, 0) is 14.6 Å². The number of hydrogen-bond donors (Lipinski definition) is 0. The molecule has 1 atom stereocenters. The van der Waals surface area contributed by atoms with Crippen molar-refractivity contribution < 1.29 is 17.9 Å². The third-order valence-electron chi connectivity index (χ3n) is 3.99. The summed E-state index contributed by atoms with van der Waals surface area (Å²) in [5.74, 6) is 0.758. The summed E-state index contributed by atoms with van der Waals surface area (Å²) in [5.41, 5.74) is 2.13. The first-order valence-corrected chi connectivity index (χ1v) is 9.34. The van der Waals surface area contributed by atoms with E-state index >= 15 is 0 Å². The van der Waals surface area contributed by atoms with Gasteiger partial charge in [0.2, 0.25) is 0 Å². The van der Waals surface area contributed by atoms with Crippen LogP contribution in [0, 0.1) is 13.8 Å². The molecule has 0 N–H and O–H groups in total. The van der Waals surface area contributed by atoms with Crippen molar-refractivity contribution in [1.29, 1.82) is 0 Å². The van der Waals surface area contributed by atoms with Gasteiger partial charge in [0.25, 0.3) is 5.91 Å². The summed E-state index contributed by atoms with van der Waals surface area (Å²) < 4.78 is 28.7. The van der Waals surface area contributed by atoms with Crippen LogP contribution in [0.5, 0.6) is 5.75 Å². The van der Waals surface area contributed by atoms with Crippen molar-refractivity contribution >= 4 is 15.7 Å². The first kappa shape index (κ1) is 16.8. The molecule has 2 rings (SSSR count). The summed E-state index contributed by atoms with van der Waals surface area (Å²) in [6, 6.07) is 5.58. The van der Waals surface area contributed by atoms with Crippen LogP contribution >= 0.6 is 0 Å². The summed E-state index contributed by atoms with van der Waals surface area (Å²) in [4.78, 5) is 13.9. The number of sulfone groups is 1. The zero-order chi connectivity index (χ0) is 16.3. The molecule has 22 heavy (non-hydrogen) atoms. The fourth-order valence-electron chi connectivity index (χ4n) is 2.84. The second kappa shape index (κ2) is 6.69. The van der Waals surface area contributed by atoms with Crippen molar-refractivity contribution in [3.05, 3.63) is 29.3 Å². The van der Waals surface area contributed by atoms with Gasteiger partial charge in [-0.05, 0) is 38.8 Å². The minimum Gasteiger partial charge on any atom is -0.484 e. The number of benzene rings is 1. The molecule has 0 radical (unpaired) electrons. The molecule has 0 saturated carbocycles. The Hall–Kier alpha value is -1.56. The normalized spacial score (nSPS) is 19.9. The Morgan fingerprint density at radius 1 is 1.36 bits per heavy atom. The van der Waals surface area contributed by atoms with E-state index in [1.54, 1.807) is 4.90 Å². The summed E-state index contributed by atoms with van der Waals surface area (Å²) in [6.45, 7) is 6.23. The van der Waals surface area contributed by atoms with Gasteiger partial charge in [-0.1, -0.05) is 17.7 Å².